The fourth-order valence-electron chi connectivity index (χ4n) is 3.91. The van der Waals surface area contributed by atoms with Gasteiger partial charge in [0, 0.05) is 56.9 Å². The molecule has 0 radical (unpaired) electrons. The number of allylic oxidation sites excluding steroid dienone is 2. The van der Waals surface area contributed by atoms with Crippen LogP contribution in [-0.4, -0.2) is 58.3 Å². The molecule has 1 saturated heterocycles. The molecule has 0 bridgehead atoms. The number of ether oxygens (including phenoxy) is 1. The summed E-state index contributed by atoms with van der Waals surface area (Å²) in [4.78, 5) is 7.89. The highest BCUT2D eigenvalue weighted by Gasteiger charge is 2.19. The SMILES string of the molecule is C=C/C=C\c1ccc(OCCCCN2CCN(c3cccc(Cl)c3S)CC2)cc1N(C)C. The Balaban J connectivity index is 1.39. The lowest BCUT2D eigenvalue weighted by Gasteiger charge is -2.36. The van der Waals surface area contributed by atoms with Crippen LogP contribution in [0.1, 0.15) is 18.4 Å². The van der Waals surface area contributed by atoms with E-state index in [4.69, 9.17) is 16.3 Å². The third kappa shape index (κ3) is 6.71. The van der Waals surface area contributed by atoms with E-state index >= 15 is 0 Å². The van der Waals surface area contributed by atoms with Crippen LogP contribution in [0.3, 0.4) is 0 Å². The maximum absolute atomic E-state index is 6.22. The highest BCUT2D eigenvalue weighted by atomic mass is 35.5. The van der Waals surface area contributed by atoms with Crippen molar-refractivity contribution >= 4 is 41.7 Å². The van der Waals surface area contributed by atoms with Crippen molar-refractivity contribution in [1.29, 1.82) is 0 Å². The second-order valence-corrected chi connectivity index (χ2v) is 9.06. The summed E-state index contributed by atoms with van der Waals surface area (Å²) >= 11 is 10.8. The molecule has 2 aromatic rings. The van der Waals surface area contributed by atoms with Crippen molar-refractivity contribution < 1.29 is 4.74 Å². The summed E-state index contributed by atoms with van der Waals surface area (Å²) in [6.07, 6.45) is 7.99. The summed E-state index contributed by atoms with van der Waals surface area (Å²) in [7, 11) is 4.10. The highest BCUT2D eigenvalue weighted by molar-refractivity contribution is 7.80. The van der Waals surface area contributed by atoms with Crippen LogP contribution >= 0.6 is 24.2 Å². The van der Waals surface area contributed by atoms with E-state index in [2.05, 4.69) is 58.2 Å². The number of thiol groups is 1. The van der Waals surface area contributed by atoms with Crippen LogP contribution in [0.2, 0.25) is 5.02 Å². The molecule has 0 atom stereocenters. The van der Waals surface area contributed by atoms with E-state index in [1.54, 1.807) is 6.08 Å². The predicted octanol–water partition coefficient (Wildman–Crippen LogP) is 5.88. The molecular weight excluding hydrogens is 438 g/mol. The first-order valence-electron chi connectivity index (χ1n) is 11.2. The van der Waals surface area contributed by atoms with E-state index in [1.807, 2.05) is 38.4 Å². The number of halogens is 1. The monoisotopic (exact) mass is 471 g/mol. The zero-order valence-electron chi connectivity index (χ0n) is 19.1. The first-order chi connectivity index (χ1) is 15.5. The van der Waals surface area contributed by atoms with E-state index < -0.39 is 0 Å². The van der Waals surface area contributed by atoms with Gasteiger partial charge in [0.05, 0.1) is 17.3 Å². The van der Waals surface area contributed by atoms with Crippen LogP contribution in [0.5, 0.6) is 5.75 Å². The molecule has 4 nitrogen and oxygen atoms in total. The highest BCUT2D eigenvalue weighted by Crippen LogP contribution is 2.31. The van der Waals surface area contributed by atoms with Crippen LogP contribution in [0, 0.1) is 0 Å². The normalized spacial score (nSPS) is 14.7. The Bertz CT molecular complexity index is 923. The van der Waals surface area contributed by atoms with Crippen molar-refractivity contribution in [3.8, 4) is 5.75 Å². The molecule has 0 unspecified atom stereocenters. The molecule has 0 N–H and O–H groups in total. The Morgan fingerprint density at radius 1 is 1.12 bits per heavy atom. The summed E-state index contributed by atoms with van der Waals surface area (Å²) in [5.74, 6) is 0.919. The largest absolute Gasteiger partial charge is 0.494 e. The molecule has 0 aliphatic carbocycles. The van der Waals surface area contributed by atoms with Gasteiger partial charge in [-0.1, -0.05) is 42.5 Å². The second kappa shape index (κ2) is 12.2. The fraction of sp³-hybridized carbons (Fsp3) is 0.385. The van der Waals surface area contributed by atoms with Crippen molar-refractivity contribution in [2.24, 2.45) is 0 Å². The third-order valence-corrected chi connectivity index (χ3v) is 6.63. The van der Waals surface area contributed by atoms with E-state index in [0.717, 1.165) is 79.8 Å². The van der Waals surface area contributed by atoms with Crippen molar-refractivity contribution in [1.82, 2.24) is 4.90 Å². The topological polar surface area (TPSA) is 19.0 Å². The van der Waals surface area contributed by atoms with E-state index in [1.165, 1.54) is 0 Å². The van der Waals surface area contributed by atoms with Gasteiger partial charge < -0.3 is 14.5 Å². The fourth-order valence-corrected chi connectivity index (χ4v) is 4.37. The Morgan fingerprint density at radius 2 is 1.91 bits per heavy atom. The molecule has 1 aliphatic rings. The quantitative estimate of drug-likeness (QED) is 0.265. The Morgan fingerprint density at radius 3 is 2.62 bits per heavy atom. The molecule has 0 aromatic heterocycles. The molecule has 32 heavy (non-hydrogen) atoms. The number of benzene rings is 2. The van der Waals surface area contributed by atoms with Gasteiger partial charge in [-0.05, 0) is 49.2 Å². The number of hydrogen-bond acceptors (Lipinski definition) is 5. The van der Waals surface area contributed by atoms with Crippen molar-refractivity contribution in [3.05, 3.63) is 65.7 Å². The summed E-state index contributed by atoms with van der Waals surface area (Å²) in [6.45, 7) is 9.72. The van der Waals surface area contributed by atoms with Gasteiger partial charge in [0.1, 0.15) is 5.75 Å². The Labute approximate surface area is 203 Å². The minimum Gasteiger partial charge on any atom is -0.494 e. The first kappa shape index (κ1) is 24.6. The maximum Gasteiger partial charge on any atom is 0.121 e. The zero-order valence-corrected chi connectivity index (χ0v) is 20.8. The predicted molar refractivity (Wildman–Crippen MR) is 142 cm³/mol. The molecule has 0 saturated carbocycles. The number of rotatable bonds is 10. The number of anilines is 2. The molecule has 1 aliphatic heterocycles. The zero-order chi connectivity index (χ0) is 22.9. The van der Waals surface area contributed by atoms with Crippen molar-refractivity contribution in [3.63, 3.8) is 0 Å². The summed E-state index contributed by atoms with van der Waals surface area (Å²) in [6, 6.07) is 12.2. The number of nitrogens with zero attached hydrogens (tertiary/aromatic N) is 3. The number of hydrogen-bond donors (Lipinski definition) is 1. The molecule has 0 spiro atoms. The van der Waals surface area contributed by atoms with Gasteiger partial charge in [-0.2, -0.15) is 0 Å². The molecule has 1 fully saturated rings. The average Bonchev–Trinajstić information content (AvgIpc) is 2.80. The van der Waals surface area contributed by atoms with E-state index in [9.17, 15) is 0 Å². The van der Waals surface area contributed by atoms with Gasteiger partial charge in [-0.15, -0.1) is 12.6 Å². The smallest absolute Gasteiger partial charge is 0.121 e. The molecule has 0 amide bonds. The van der Waals surface area contributed by atoms with Crippen molar-refractivity contribution in [2.75, 3.05) is 63.2 Å². The third-order valence-electron chi connectivity index (χ3n) is 5.71. The molecule has 172 valence electrons. The lowest BCUT2D eigenvalue weighted by molar-refractivity contribution is 0.238. The van der Waals surface area contributed by atoms with Gasteiger partial charge >= 0.3 is 0 Å². The lowest BCUT2D eigenvalue weighted by atomic mass is 10.1. The van der Waals surface area contributed by atoms with E-state index in [-0.39, 0.29) is 0 Å². The molecule has 1 heterocycles. The minimum atomic E-state index is 0.717. The molecular formula is C26H34ClN3OS. The summed E-state index contributed by atoms with van der Waals surface area (Å²) in [5.41, 5.74) is 3.43. The van der Waals surface area contributed by atoms with Crippen LogP contribution in [0.4, 0.5) is 11.4 Å². The van der Waals surface area contributed by atoms with Gasteiger partial charge in [-0.3, -0.25) is 4.90 Å². The summed E-state index contributed by atoms with van der Waals surface area (Å²) < 4.78 is 6.03. The summed E-state index contributed by atoms with van der Waals surface area (Å²) in [5, 5.41) is 0.717. The number of unbranched alkanes of at least 4 members (excludes halogenated alkanes) is 1. The Hall–Kier alpha value is -2.08. The molecule has 3 rings (SSSR count). The Kier molecular flexibility index (Phi) is 9.39. The van der Waals surface area contributed by atoms with Gasteiger partial charge in [0.25, 0.3) is 0 Å². The second-order valence-electron chi connectivity index (χ2n) is 8.20. The van der Waals surface area contributed by atoms with Gasteiger partial charge in [0.15, 0.2) is 0 Å². The average molecular weight is 472 g/mol. The van der Waals surface area contributed by atoms with Gasteiger partial charge in [0.2, 0.25) is 0 Å². The van der Waals surface area contributed by atoms with Crippen molar-refractivity contribution in [2.45, 2.75) is 17.7 Å². The number of piperazine rings is 1. The standard InChI is InChI=1S/C26H34ClN3OS/c1-4-5-9-21-12-13-22(20-25(21)28(2)3)31-19-7-6-14-29-15-17-30(18-16-29)24-11-8-10-23(27)26(24)32/h4-5,8-13,20,32H,1,6-7,14-19H2,2-3H3/b9-5-. The van der Waals surface area contributed by atoms with Gasteiger partial charge in [-0.25, -0.2) is 0 Å². The lowest BCUT2D eigenvalue weighted by Crippen LogP contribution is -2.46. The van der Waals surface area contributed by atoms with Crippen LogP contribution in [0.15, 0.2) is 60.0 Å². The molecule has 6 heteroatoms. The molecule has 2 aromatic carbocycles. The first-order valence-corrected chi connectivity index (χ1v) is 12.0. The maximum atomic E-state index is 6.22. The van der Waals surface area contributed by atoms with Crippen LogP contribution in [-0.2, 0) is 0 Å². The van der Waals surface area contributed by atoms with E-state index in [0.29, 0.717) is 5.02 Å². The van der Waals surface area contributed by atoms with Crippen LogP contribution < -0.4 is 14.5 Å². The minimum absolute atomic E-state index is 0.717. The van der Waals surface area contributed by atoms with Crippen LogP contribution in [0.25, 0.3) is 6.08 Å².